The van der Waals surface area contributed by atoms with Crippen molar-refractivity contribution in [3.05, 3.63) is 71.8 Å². The molecule has 3 amide bonds. The minimum Gasteiger partial charge on any atom is -0.319 e. The van der Waals surface area contributed by atoms with Crippen LogP contribution in [-0.4, -0.2) is 42.0 Å². The standard InChI is InChI=1S/C21H25N3O2/c1-3-14-23(2)16-24-19(25)21(22-20(24)26,18-12-8-5-9-13-18)15-17-10-6-4-7-11-17/h4-13H,3,14-16H2,1-2H3,(H,22,26). The Bertz CT molecular complexity index is 763. The number of urea groups is 1. The van der Waals surface area contributed by atoms with Crippen molar-refractivity contribution in [2.45, 2.75) is 25.3 Å². The second kappa shape index (κ2) is 7.70. The summed E-state index contributed by atoms with van der Waals surface area (Å²) in [5, 5.41) is 2.99. The average molecular weight is 351 g/mol. The highest BCUT2D eigenvalue weighted by Gasteiger charge is 2.52. The SMILES string of the molecule is CCCN(C)CN1C(=O)NC(Cc2ccccc2)(c2ccccc2)C1=O. The summed E-state index contributed by atoms with van der Waals surface area (Å²) in [6, 6.07) is 19.0. The van der Waals surface area contributed by atoms with Crippen LogP contribution >= 0.6 is 0 Å². The molecule has 1 aliphatic rings. The molecule has 136 valence electrons. The van der Waals surface area contributed by atoms with Crippen LogP contribution in [0.3, 0.4) is 0 Å². The van der Waals surface area contributed by atoms with E-state index in [1.54, 1.807) is 0 Å². The average Bonchev–Trinajstić information content (AvgIpc) is 2.89. The molecule has 1 heterocycles. The van der Waals surface area contributed by atoms with E-state index in [2.05, 4.69) is 12.2 Å². The molecule has 1 fully saturated rings. The molecule has 1 atom stereocenters. The van der Waals surface area contributed by atoms with Gasteiger partial charge in [0, 0.05) is 6.42 Å². The third-order valence-corrected chi connectivity index (χ3v) is 4.74. The lowest BCUT2D eigenvalue weighted by Crippen LogP contribution is -2.47. The molecule has 5 nitrogen and oxygen atoms in total. The van der Waals surface area contributed by atoms with E-state index >= 15 is 0 Å². The maximum atomic E-state index is 13.4. The summed E-state index contributed by atoms with van der Waals surface area (Å²) in [6.45, 7) is 3.20. The molecule has 1 saturated heterocycles. The second-order valence-corrected chi connectivity index (χ2v) is 6.82. The van der Waals surface area contributed by atoms with Crippen LogP contribution in [0.1, 0.15) is 24.5 Å². The van der Waals surface area contributed by atoms with Gasteiger partial charge in [0.25, 0.3) is 5.91 Å². The van der Waals surface area contributed by atoms with Gasteiger partial charge in [0.05, 0.1) is 6.67 Å². The van der Waals surface area contributed by atoms with Crippen LogP contribution in [-0.2, 0) is 16.8 Å². The first-order valence-corrected chi connectivity index (χ1v) is 8.99. The van der Waals surface area contributed by atoms with Crippen molar-refractivity contribution in [3.63, 3.8) is 0 Å². The third-order valence-electron chi connectivity index (χ3n) is 4.74. The molecule has 1 N–H and O–H groups in total. The van der Waals surface area contributed by atoms with Gasteiger partial charge in [-0.15, -0.1) is 0 Å². The number of hydrogen-bond acceptors (Lipinski definition) is 3. The number of carbonyl (C=O) groups excluding carboxylic acids is 2. The van der Waals surface area contributed by atoms with Crippen molar-refractivity contribution >= 4 is 11.9 Å². The Hall–Kier alpha value is -2.66. The van der Waals surface area contributed by atoms with Gasteiger partial charge >= 0.3 is 6.03 Å². The van der Waals surface area contributed by atoms with Crippen molar-refractivity contribution in [2.75, 3.05) is 20.3 Å². The van der Waals surface area contributed by atoms with E-state index in [9.17, 15) is 9.59 Å². The number of amides is 3. The van der Waals surface area contributed by atoms with Gasteiger partial charge < -0.3 is 5.32 Å². The quantitative estimate of drug-likeness (QED) is 0.780. The van der Waals surface area contributed by atoms with Gasteiger partial charge in [-0.1, -0.05) is 67.6 Å². The van der Waals surface area contributed by atoms with Crippen molar-refractivity contribution in [1.82, 2.24) is 15.1 Å². The number of rotatable bonds is 7. The number of nitrogens with zero attached hydrogens (tertiary/aromatic N) is 2. The fourth-order valence-corrected chi connectivity index (χ4v) is 3.49. The van der Waals surface area contributed by atoms with Crippen molar-refractivity contribution in [1.29, 1.82) is 0 Å². The molecular weight excluding hydrogens is 326 g/mol. The first-order chi connectivity index (χ1) is 12.6. The monoisotopic (exact) mass is 351 g/mol. The maximum absolute atomic E-state index is 13.4. The molecule has 5 heteroatoms. The van der Waals surface area contributed by atoms with Crippen molar-refractivity contribution in [3.8, 4) is 0 Å². The summed E-state index contributed by atoms with van der Waals surface area (Å²) in [5.41, 5.74) is 0.754. The Morgan fingerprint density at radius 1 is 1.00 bits per heavy atom. The van der Waals surface area contributed by atoms with Crippen LogP contribution in [0.15, 0.2) is 60.7 Å². The van der Waals surface area contributed by atoms with Crippen LogP contribution in [0.25, 0.3) is 0 Å². The van der Waals surface area contributed by atoms with E-state index in [1.807, 2.05) is 72.6 Å². The predicted molar refractivity (Wildman–Crippen MR) is 101 cm³/mol. The lowest BCUT2D eigenvalue weighted by atomic mass is 9.83. The van der Waals surface area contributed by atoms with E-state index in [0.717, 1.165) is 24.1 Å². The molecule has 0 radical (unpaired) electrons. The maximum Gasteiger partial charge on any atom is 0.326 e. The zero-order valence-corrected chi connectivity index (χ0v) is 15.3. The lowest BCUT2D eigenvalue weighted by molar-refractivity contribution is -0.133. The topological polar surface area (TPSA) is 52.6 Å². The molecule has 0 aliphatic carbocycles. The van der Waals surface area contributed by atoms with E-state index in [0.29, 0.717) is 13.1 Å². The minimum atomic E-state index is -1.06. The van der Waals surface area contributed by atoms with Crippen LogP contribution in [0.4, 0.5) is 4.79 Å². The highest BCUT2D eigenvalue weighted by atomic mass is 16.2. The van der Waals surface area contributed by atoms with E-state index in [1.165, 1.54) is 4.90 Å². The zero-order chi connectivity index (χ0) is 18.6. The Balaban J connectivity index is 1.96. The van der Waals surface area contributed by atoms with Crippen molar-refractivity contribution in [2.24, 2.45) is 0 Å². The Morgan fingerprint density at radius 2 is 1.62 bits per heavy atom. The molecule has 2 aromatic carbocycles. The summed E-state index contributed by atoms with van der Waals surface area (Å²) >= 11 is 0. The molecule has 0 saturated carbocycles. The zero-order valence-electron chi connectivity index (χ0n) is 15.3. The lowest BCUT2D eigenvalue weighted by Gasteiger charge is -2.28. The van der Waals surface area contributed by atoms with E-state index in [-0.39, 0.29) is 11.9 Å². The van der Waals surface area contributed by atoms with Crippen LogP contribution in [0.5, 0.6) is 0 Å². The largest absolute Gasteiger partial charge is 0.326 e. The number of benzene rings is 2. The molecular formula is C21H25N3O2. The van der Waals surface area contributed by atoms with Crippen molar-refractivity contribution < 1.29 is 9.59 Å². The summed E-state index contributed by atoms with van der Waals surface area (Å²) < 4.78 is 0. The number of imide groups is 1. The van der Waals surface area contributed by atoms with Gasteiger partial charge in [-0.2, -0.15) is 0 Å². The molecule has 2 aromatic rings. The second-order valence-electron chi connectivity index (χ2n) is 6.82. The molecule has 1 unspecified atom stereocenters. The molecule has 26 heavy (non-hydrogen) atoms. The van der Waals surface area contributed by atoms with E-state index in [4.69, 9.17) is 0 Å². The fraction of sp³-hybridized carbons (Fsp3) is 0.333. The summed E-state index contributed by atoms with van der Waals surface area (Å²) in [7, 11) is 1.92. The van der Waals surface area contributed by atoms with Gasteiger partial charge in [-0.25, -0.2) is 9.69 Å². The number of hydrogen-bond donors (Lipinski definition) is 1. The number of carbonyl (C=O) groups is 2. The van der Waals surface area contributed by atoms with Crippen LogP contribution < -0.4 is 5.32 Å². The third kappa shape index (κ3) is 3.48. The van der Waals surface area contributed by atoms with Gasteiger partial charge in [0.2, 0.25) is 0 Å². The van der Waals surface area contributed by atoms with Crippen LogP contribution in [0, 0.1) is 0 Å². The molecule has 0 spiro atoms. The summed E-state index contributed by atoms with van der Waals surface area (Å²) in [5.74, 6) is -0.194. The molecule has 3 rings (SSSR count). The number of nitrogens with one attached hydrogen (secondary N) is 1. The Labute approximate surface area is 154 Å². The fourth-order valence-electron chi connectivity index (χ4n) is 3.49. The molecule has 0 aromatic heterocycles. The van der Waals surface area contributed by atoms with Gasteiger partial charge in [-0.05, 0) is 31.1 Å². The van der Waals surface area contributed by atoms with E-state index < -0.39 is 5.54 Å². The Kier molecular flexibility index (Phi) is 5.38. The summed E-state index contributed by atoms with van der Waals surface area (Å²) in [6.07, 6.45) is 1.39. The molecule has 0 bridgehead atoms. The minimum absolute atomic E-state index is 0.194. The Morgan fingerprint density at radius 3 is 2.23 bits per heavy atom. The summed E-state index contributed by atoms with van der Waals surface area (Å²) in [4.78, 5) is 29.4. The first kappa shape index (κ1) is 18.1. The predicted octanol–water partition coefficient (Wildman–Crippen LogP) is 2.98. The van der Waals surface area contributed by atoms with Gasteiger partial charge in [-0.3, -0.25) is 9.69 Å². The van der Waals surface area contributed by atoms with Gasteiger partial charge in [0.15, 0.2) is 5.54 Å². The van der Waals surface area contributed by atoms with Crippen LogP contribution in [0.2, 0.25) is 0 Å². The highest BCUT2D eigenvalue weighted by molar-refractivity contribution is 6.07. The smallest absolute Gasteiger partial charge is 0.319 e. The normalized spacial score (nSPS) is 19.9. The van der Waals surface area contributed by atoms with Gasteiger partial charge in [0.1, 0.15) is 0 Å². The highest BCUT2D eigenvalue weighted by Crippen LogP contribution is 2.33. The first-order valence-electron chi connectivity index (χ1n) is 8.99. The molecule has 1 aliphatic heterocycles.